The lowest BCUT2D eigenvalue weighted by Crippen LogP contribution is -2.41. The van der Waals surface area contributed by atoms with Gasteiger partial charge in [0.2, 0.25) is 0 Å². The number of carbonyl (C=O) groups is 3. The van der Waals surface area contributed by atoms with Gasteiger partial charge in [0, 0.05) is 4.88 Å². The van der Waals surface area contributed by atoms with Crippen LogP contribution in [0.2, 0.25) is 0 Å². The molecule has 2 aromatic rings. The zero-order valence-corrected chi connectivity index (χ0v) is 14.4. The van der Waals surface area contributed by atoms with E-state index in [4.69, 9.17) is 0 Å². The van der Waals surface area contributed by atoms with Crippen LogP contribution >= 0.6 is 11.3 Å². The summed E-state index contributed by atoms with van der Waals surface area (Å²) in [5, 5.41) is 2.71. The van der Waals surface area contributed by atoms with Crippen molar-refractivity contribution in [3.8, 4) is 0 Å². The van der Waals surface area contributed by atoms with Crippen LogP contribution in [0, 0.1) is 0 Å². The number of hydrogen-bond acceptors (Lipinski definition) is 4. The lowest BCUT2D eigenvalue weighted by molar-refractivity contribution is -0.130. The van der Waals surface area contributed by atoms with Gasteiger partial charge < -0.3 is 5.32 Å². The van der Waals surface area contributed by atoms with Crippen molar-refractivity contribution in [2.75, 3.05) is 6.54 Å². The van der Waals surface area contributed by atoms with Gasteiger partial charge in [-0.1, -0.05) is 37.3 Å². The first-order valence-electron chi connectivity index (χ1n) is 7.77. The summed E-state index contributed by atoms with van der Waals surface area (Å²) in [6.07, 6.45) is 0.854. The van der Waals surface area contributed by atoms with E-state index in [1.807, 2.05) is 31.2 Å². The van der Waals surface area contributed by atoms with Crippen molar-refractivity contribution >= 4 is 29.1 Å². The Morgan fingerprint density at radius 1 is 1.17 bits per heavy atom. The van der Waals surface area contributed by atoms with E-state index in [0.717, 1.165) is 16.2 Å². The molecule has 5 nitrogen and oxygen atoms in total. The summed E-state index contributed by atoms with van der Waals surface area (Å²) in [7, 11) is 0. The second kappa shape index (κ2) is 6.20. The Hall–Kier alpha value is -2.47. The van der Waals surface area contributed by atoms with E-state index in [9.17, 15) is 14.4 Å². The average molecular weight is 342 g/mol. The molecule has 0 saturated carbocycles. The van der Waals surface area contributed by atoms with Gasteiger partial charge in [-0.2, -0.15) is 0 Å². The van der Waals surface area contributed by atoms with E-state index in [1.54, 1.807) is 25.1 Å². The van der Waals surface area contributed by atoms with Crippen molar-refractivity contribution in [2.45, 2.75) is 25.8 Å². The SMILES string of the molecule is CCc1ccc(C(=O)CN2C(=O)N[C@](C)(c3ccccc3)C2=O)s1. The molecule has 1 aliphatic heterocycles. The highest BCUT2D eigenvalue weighted by atomic mass is 32.1. The number of rotatable bonds is 5. The third-order valence-corrected chi connectivity index (χ3v) is 5.48. The molecule has 1 saturated heterocycles. The summed E-state index contributed by atoms with van der Waals surface area (Å²) in [6, 6.07) is 12.2. The van der Waals surface area contributed by atoms with Crippen LogP contribution in [0.3, 0.4) is 0 Å². The maximum absolute atomic E-state index is 12.8. The molecule has 24 heavy (non-hydrogen) atoms. The lowest BCUT2D eigenvalue weighted by atomic mass is 9.92. The number of carbonyl (C=O) groups excluding carboxylic acids is 3. The summed E-state index contributed by atoms with van der Waals surface area (Å²) in [5.41, 5.74) is -0.439. The van der Waals surface area contributed by atoms with Crippen LogP contribution in [0.15, 0.2) is 42.5 Å². The van der Waals surface area contributed by atoms with E-state index >= 15 is 0 Å². The fourth-order valence-corrected chi connectivity index (χ4v) is 3.62. The van der Waals surface area contributed by atoms with Crippen LogP contribution in [0.5, 0.6) is 0 Å². The van der Waals surface area contributed by atoms with Crippen LogP contribution in [0.25, 0.3) is 0 Å². The molecule has 0 aliphatic carbocycles. The van der Waals surface area contributed by atoms with Gasteiger partial charge in [-0.3, -0.25) is 14.5 Å². The summed E-state index contributed by atoms with van der Waals surface area (Å²) in [5.74, 6) is -0.625. The molecule has 3 amide bonds. The van der Waals surface area contributed by atoms with Gasteiger partial charge in [0.15, 0.2) is 5.78 Å². The topological polar surface area (TPSA) is 66.5 Å². The first-order chi connectivity index (χ1) is 11.5. The maximum atomic E-state index is 12.8. The van der Waals surface area contributed by atoms with E-state index in [-0.39, 0.29) is 12.3 Å². The predicted molar refractivity (Wildman–Crippen MR) is 92.1 cm³/mol. The number of nitrogens with zero attached hydrogens (tertiary/aromatic N) is 1. The molecule has 1 N–H and O–H groups in total. The Morgan fingerprint density at radius 2 is 1.88 bits per heavy atom. The van der Waals surface area contributed by atoms with Gasteiger partial charge >= 0.3 is 6.03 Å². The Labute approximate surface area is 144 Å². The second-order valence-corrected chi connectivity index (χ2v) is 7.02. The number of hydrogen-bond donors (Lipinski definition) is 1. The number of aryl methyl sites for hydroxylation is 1. The number of urea groups is 1. The highest BCUT2D eigenvalue weighted by molar-refractivity contribution is 7.14. The zero-order chi connectivity index (χ0) is 17.3. The third kappa shape index (κ3) is 2.73. The van der Waals surface area contributed by atoms with Crippen LogP contribution < -0.4 is 5.32 Å². The number of benzene rings is 1. The first kappa shape index (κ1) is 16.4. The quantitative estimate of drug-likeness (QED) is 0.671. The molecular weight excluding hydrogens is 324 g/mol. The van der Waals surface area contributed by atoms with Crippen LogP contribution in [0.4, 0.5) is 4.79 Å². The molecule has 0 radical (unpaired) electrons. The monoisotopic (exact) mass is 342 g/mol. The van der Waals surface area contributed by atoms with Gasteiger partial charge in [0.1, 0.15) is 5.54 Å². The average Bonchev–Trinajstić information content (AvgIpc) is 3.15. The van der Waals surface area contributed by atoms with Crippen molar-refractivity contribution in [3.05, 3.63) is 57.8 Å². The molecule has 0 unspecified atom stereocenters. The van der Waals surface area contributed by atoms with Gasteiger partial charge in [0.25, 0.3) is 5.91 Å². The van der Waals surface area contributed by atoms with Gasteiger partial charge in [-0.05, 0) is 31.0 Å². The van der Waals surface area contributed by atoms with E-state index in [0.29, 0.717) is 10.4 Å². The minimum Gasteiger partial charge on any atom is -0.319 e. The summed E-state index contributed by atoms with van der Waals surface area (Å²) < 4.78 is 0. The number of imide groups is 1. The molecule has 124 valence electrons. The minimum atomic E-state index is -1.14. The fourth-order valence-electron chi connectivity index (χ4n) is 2.75. The smallest absolute Gasteiger partial charge is 0.319 e. The molecule has 6 heteroatoms. The molecule has 2 heterocycles. The first-order valence-corrected chi connectivity index (χ1v) is 8.59. The third-order valence-electron chi connectivity index (χ3n) is 4.21. The molecule has 0 spiro atoms. The Bertz CT molecular complexity index is 800. The van der Waals surface area contributed by atoms with Crippen molar-refractivity contribution in [1.29, 1.82) is 0 Å². The largest absolute Gasteiger partial charge is 0.325 e. The number of amides is 3. The molecule has 0 bridgehead atoms. The lowest BCUT2D eigenvalue weighted by Gasteiger charge is -2.21. The predicted octanol–water partition coefficient (Wildman–Crippen LogP) is 2.96. The van der Waals surface area contributed by atoms with E-state index in [1.165, 1.54) is 11.3 Å². The van der Waals surface area contributed by atoms with Gasteiger partial charge in [0.05, 0.1) is 11.4 Å². The molecular formula is C18H18N2O3S. The van der Waals surface area contributed by atoms with E-state index < -0.39 is 17.5 Å². The molecule has 1 atom stereocenters. The summed E-state index contributed by atoms with van der Waals surface area (Å²) >= 11 is 1.40. The Balaban J connectivity index is 1.81. The molecule has 1 fully saturated rings. The molecule has 1 aromatic heterocycles. The van der Waals surface area contributed by atoms with Gasteiger partial charge in [-0.15, -0.1) is 11.3 Å². The van der Waals surface area contributed by atoms with Crippen LogP contribution in [-0.4, -0.2) is 29.2 Å². The highest BCUT2D eigenvalue weighted by Crippen LogP contribution is 2.29. The number of Topliss-reactive ketones (excluding diaryl/α,β-unsaturated/α-hetero) is 1. The number of thiophene rings is 1. The normalized spacial score (nSPS) is 20.3. The fraction of sp³-hybridized carbons (Fsp3) is 0.278. The summed E-state index contributed by atoms with van der Waals surface area (Å²) in [6.45, 7) is 3.44. The van der Waals surface area contributed by atoms with Crippen LogP contribution in [-0.2, 0) is 16.8 Å². The van der Waals surface area contributed by atoms with Crippen molar-refractivity contribution < 1.29 is 14.4 Å². The van der Waals surface area contributed by atoms with Crippen LogP contribution in [0.1, 0.15) is 34.0 Å². The van der Waals surface area contributed by atoms with Crippen molar-refractivity contribution in [1.82, 2.24) is 10.2 Å². The zero-order valence-electron chi connectivity index (χ0n) is 13.5. The van der Waals surface area contributed by atoms with Gasteiger partial charge in [-0.25, -0.2) is 4.79 Å². The van der Waals surface area contributed by atoms with Crippen molar-refractivity contribution in [3.63, 3.8) is 0 Å². The Kier molecular flexibility index (Phi) is 4.24. The minimum absolute atomic E-state index is 0.222. The number of ketones is 1. The molecule has 3 rings (SSSR count). The second-order valence-electron chi connectivity index (χ2n) is 5.86. The molecule has 1 aromatic carbocycles. The molecule has 1 aliphatic rings. The van der Waals surface area contributed by atoms with Crippen molar-refractivity contribution in [2.24, 2.45) is 0 Å². The summed E-state index contributed by atoms with van der Waals surface area (Å²) in [4.78, 5) is 40.1. The number of nitrogens with one attached hydrogen (secondary N) is 1. The maximum Gasteiger partial charge on any atom is 0.325 e. The standard InChI is InChI=1S/C18H18N2O3S/c1-3-13-9-10-15(24-13)14(21)11-20-16(22)18(2,19-17(20)23)12-7-5-4-6-8-12/h4-10H,3,11H2,1-2H3,(H,19,23)/t18-/m1/s1. The highest BCUT2D eigenvalue weighted by Gasteiger charge is 2.49. The Morgan fingerprint density at radius 3 is 2.50 bits per heavy atom. The van der Waals surface area contributed by atoms with E-state index in [2.05, 4.69) is 5.32 Å².